The Morgan fingerprint density at radius 2 is 1.74 bits per heavy atom. The number of fused-ring (bicyclic) bond motifs is 1. The maximum atomic E-state index is 13.7. The maximum absolute atomic E-state index is 13.7. The SMILES string of the molecule is COc1c(NC(=O)c2cc3cccc(CN4CCN(C(=O)[C@@H]5CCCN5C)CC4)c3n2C)cc(C(C)(C)C)cc1C(=O)O. The van der Waals surface area contributed by atoms with Gasteiger partial charge in [0.15, 0.2) is 5.75 Å². The van der Waals surface area contributed by atoms with E-state index < -0.39 is 5.97 Å². The van der Waals surface area contributed by atoms with Crippen LogP contribution < -0.4 is 10.1 Å². The summed E-state index contributed by atoms with van der Waals surface area (Å²) >= 11 is 0. The minimum atomic E-state index is -1.12. The number of likely N-dealkylation sites (tertiary alicyclic amines) is 1. The number of carboxylic acid groups (broad SMARTS) is 1. The molecule has 2 aliphatic heterocycles. The lowest BCUT2D eigenvalue weighted by molar-refractivity contribution is -0.137. The van der Waals surface area contributed by atoms with Crippen molar-refractivity contribution in [3.05, 3.63) is 58.8 Å². The molecule has 0 unspecified atom stereocenters. The zero-order chi connectivity index (χ0) is 31.1. The summed E-state index contributed by atoms with van der Waals surface area (Å²) in [5.41, 5.74) is 3.29. The quantitative estimate of drug-likeness (QED) is 0.426. The predicted molar refractivity (Wildman–Crippen MR) is 167 cm³/mol. The van der Waals surface area contributed by atoms with Gasteiger partial charge < -0.3 is 24.6 Å². The van der Waals surface area contributed by atoms with Crippen molar-refractivity contribution in [2.75, 3.05) is 52.2 Å². The number of aryl methyl sites for hydroxylation is 1. The third kappa shape index (κ3) is 6.12. The van der Waals surface area contributed by atoms with E-state index in [0.717, 1.165) is 54.5 Å². The molecule has 10 heteroatoms. The number of carboxylic acids is 1. The summed E-state index contributed by atoms with van der Waals surface area (Å²) in [5.74, 6) is -1.11. The molecule has 2 saturated heterocycles. The average molecular weight is 590 g/mol. The van der Waals surface area contributed by atoms with Gasteiger partial charge in [0.1, 0.15) is 11.3 Å². The van der Waals surface area contributed by atoms with E-state index in [-0.39, 0.29) is 34.6 Å². The number of nitrogens with one attached hydrogen (secondary N) is 1. The van der Waals surface area contributed by atoms with E-state index in [1.807, 2.05) is 62.5 Å². The molecule has 0 bridgehead atoms. The minimum Gasteiger partial charge on any atom is -0.494 e. The number of amides is 2. The Kier molecular flexibility index (Phi) is 8.54. The molecule has 2 fully saturated rings. The third-order valence-corrected chi connectivity index (χ3v) is 8.89. The first-order valence-electron chi connectivity index (χ1n) is 14.9. The molecule has 5 rings (SSSR count). The third-order valence-electron chi connectivity index (χ3n) is 8.89. The van der Waals surface area contributed by atoms with Crippen LogP contribution in [0.4, 0.5) is 5.69 Å². The number of piperazine rings is 1. The number of benzene rings is 2. The smallest absolute Gasteiger partial charge is 0.339 e. The second kappa shape index (κ2) is 12.0. The fourth-order valence-electron chi connectivity index (χ4n) is 6.37. The van der Waals surface area contributed by atoms with E-state index in [2.05, 4.69) is 21.2 Å². The van der Waals surface area contributed by atoms with Gasteiger partial charge in [-0.15, -0.1) is 0 Å². The number of ether oxygens (including phenoxy) is 1. The van der Waals surface area contributed by atoms with E-state index in [1.54, 1.807) is 12.1 Å². The normalized spacial score (nSPS) is 18.3. The summed E-state index contributed by atoms with van der Waals surface area (Å²) in [6.07, 6.45) is 2.02. The van der Waals surface area contributed by atoms with Crippen LogP contribution in [0.25, 0.3) is 10.9 Å². The lowest BCUT2D eigenvalue weighted by Crippen LogP contribution is -2.52. The molecule has 2 amide bonds. The number of carbonyl (C=O) groups is 3. The zero-order valence-electron chi connectivity index (χ0n) is 26.1. The van der Waals surface area contributed by atoms with Crippen LogP contribution in [0.3, 0.4) is 0 Å². The van der Waals surface area contributed by atoms with E-state index in [9.17, 15) is 19.5 Å². The summed E-state index contributed by atoms with van der Waals surface area (Å²) in [5, 5.41) is 13.7. The number of aromatic nitrogens is 1. The molecule has 10 nitrogen and oxygen atoms in total. The van der Waals surface area contributed by atoms with Gasteiger partial charge in [0.25, 0.3) is 5.91 Å². The van der Waals surface area contributed by atoms with Crippen molar-refractivity contribution in [3.63, 3.8) is 0 Å². The Bertz CT molecular complexity index is 1550. The van der Waals surface area contributed by atoms with Crippen LogP contribution in [0.2, 0.25) is 0 Å². The summed E-state index contributed by atoms with van der Waals surface area (Å²) in [6.45, 7) is 10.7. The lowest BCUT2D eigenvalue weighted by atomic mass is 9.85. The van der Waals surface area contributed by atoms with Crippen molar-refractivity contribution >= 4 is 34.4 Å². The highest BCUT2D eigenvalue weighted by Crippen LogP contribution is 2.36. The fourth-order valence-corrected chi connectivity index (χ4v) is 6.37. The molecule has 3 aromatic rings. The van der Waals surface area contributed by atoms with E-state index >= 15 is 0 Å². The standard InChI is InChI=1S/C33H43N5O5/c1-33(2,3)23-18-24(32(41)42)29(43-6)25(19-23)34-30(39)27-17-21-9-7-10-22(28(21)36(27)5)20-37-13-15-38(16-14-37)31(40)26-11-8-12-35(26)4/h7,9-10,17-19,26H,8,11-16,20H2,1-6H3,(H,34,39)(H,41,42)/t26-/m0/s1. The number of rotatable bonds is 7. The largest absolute Gasteiger partial charge is 0.494 e. The van der Waals surface area contributed by atoms with E-state index in [1.165, 1.54) is 7.11 Å². The second-order valence-electron chi connectivity index (χ2n) is 12.8. The molecule has 0 aliphatic carbocycles. The fraction of sp³-hybridized carbons (Fsp3) is 0.485. The van der Waals surface area contributed by atoms with Crippen molar-refractivity contribution in [2.24, 2.45) is 7.05 Å². The topological polar surface area (TPSA) is 107 Å². The Morgan fingerprint density at radius 3 is 2.35 bits per heavy atom. The Labute approximate surface area is 253 Å². The van der Waals surface area contributed by atoms with Crippen LogP contribution in [-0.2, 0) is 23.8 Å². The first-order valence-corrected chi connectivity index (χ1v) is 14.9. The van der Waals surface area contributed by atoms with E-state index in [0.29, 0.717) is 31.0 Å². The molecular weight excluding hydrogens is 546 g/mol. The number of likely N-dealkylation sites (N-methyl/N-ethyl adjacent to an activating group) is 1. The van der Waals surface area contributed by atoms with Crippen LogP contribution >= 0.6 is 0 Å². The van der Waals surface area contributed by atoms with Crippen molar-refractivity contribution < 1.29 is 24.2 Å². The Hall–Kier alpha value is -3.89. The molecule has 0 saturated carbocycles. The molecule has 230 valence electrons. The van der Waals surface area contributed by atoms with Gasteiger partial charge in [-0.05, 0) is 61.2 Å². The molecule has 0 radical (unpaired) electrons. The first-order chi connectivity index (χ1) is 20.4. The monoisotopic (exact) mass is 589 g/mol. The summed E-state index contributed by atoms with van der Waals surface area (Å²) < 4.78 is 7.35. The van der Waals surface area contributed by atoms with Crippen molar-refractivity contribution in [2.45, 2.75) is 51.6 Å². The number of anilines is 1. The number of hydrogen-bond donors (Lipinski definition) is 2. The molecule has 2 N–H and O–H groups in total. The van der Waals surface area contributed by atoms with Gasteiger partial charge in [0.05, 0.1) is 24.4 Å². The maximum Gasteiger partial charge on any atom is 0.339 e. The Balaban J connectivity index is 1.35. The number of carbonyl (C=O) groups excluding carboxylic acids is 2. The Morgan fingerprint density at radius 1 is 1.02 bits per heavy atom. The van der Waals surface area contributed by atoms with Gasteiger partial charge in [-0.2, -0.15) is 0 Å². The number of nitrogens with zero attached hydrogens (tertiary/aromatic N) is 4. The summed E-state index contributed by atoms with van der Waals surface area (Å²) in [7, 11) is 5.31. The van der Waals surface area contributed by atoms with Crippen LogP contribution in [0.5, 0.6) is 5.75 Å². The number of methoxy groups -OCH3 is 1. The molecule has 1 atom stereocenters. The predicted octanol–water partition coefficient (Wildman–Crippen LogP) is 4.17. The van der Waals surface area contributed by atoms with Gasteiger partial charge in [0.2, 0.25) is 5.91 Å². The van der Waals surface area contributed by atoms with Crippen LogP contribution in [0, 0.1) is 0 Å². The van der Waals surface area contributed by atoms with Gasteiger partial charge in [0, 0.05) is 45.2 Å². The highest BCUT2D eigenvalue weighted by Gasteiger charge is 2.33. The van der Waals surface area contributed by atoms with Crippen LogP contribution in [-0.4, -0.2) is 95.1 Å². The zero-order valence-corrected chi connectivity index (χ0v) is 26.1. The molecule has 1 aromatic heterocycles. The number of para-hydroxylation sites is 1. The van der Waals surface area contributed by atoms with Gasteiger partial charge in [-0.3, -0.25) is 19.4 Å². The van der Waals surface area contributed by atoms with Crippen molar-refractivity contribution in [1.29, 1.82) is 0 Å². The van der Waals surface area contributed by atoms with Gasteiger partial charge in [-0.25, -0.2) is 4.79 Å². The minimum absolute atomic E-state index is 0.00149. The van der Waals surface area contributed by atoms with Gasteiger partial charge >= 0.3 is 5.97 Å². The summed E-state index contributed by atoms with van der Waals surface area (Å²) in [4.78, 5) is 45.3. The first kappa shape index (κ1) is 30.6. The summed E-state index contributed by atoms with van der Waals surface area (Å²) in [6, 6.07) is 11.3. The van der Waals surface area contributed by atoms with Crippen molar-refractivity contribution in [3.8, 4) is 5.75 Å². The van der Waals surface area contributed by atoms with E-state index in [4.69, 9.17) is 4.74 Å². The average Bonchev–Trinajstić information content (AvgIpc) is 3.55. The van der Waals surface area contributed by atoms with Crippen LogP contribution in [0.1, 0.15) is 65.6 Å². The lowest BCUT2D eigenvalue weighted by Gasteiger charge is -2.37. The molecular formula is C33H43N5O5. The molecule has 0 spiro atoms. The van der Waals surface area contributed by atoms with Crippen molar-refractivity contribution in [1.82, 2.24) is 19.3 Å². The molecule has 2 aromatic carbocycles. The second-order valence-corrected chi connectivity index (χ2v) is 12.8. The van der Waals surface area contributed by atoms with Gasteiger partial charge in [-0.1, -0.05) is 39.0 Å². The molecule has 2 aliphatic rings. The van der Waals surface area contributed by atoms with Crippen LogP contribution in [0.15, 0.2) is 36.4 Å². The highest BCUT2D eigenvalue weighted by atomic mass is 16.5. The highest BCUT2D eigenvalue weighted by molar-refractivity contribution is 6.08. The number of hydrogen-bond acceptors (Lipinski definition) is 6. The molecule has 3 heterocycles. The molecule has 43 heavy (non-hydrogen) atoms. The number of aromatic carboxylic acids is 1.